The number of benzene rings is 2. The summed E-state index contributed by atoms with van der Waals surface area (Å²) in [6, 6.07) is 16.2. The Hall–Kier alpha value is -3.26. The van der Waals surface area contributed by atoms with E-state index in [0.717, 1.165) is 5.56 Å². The van der Waals surface area contributed by atoms with Gasteiger partial charge >= 0.3 is 5.97 Å². The minimum Gasteiger partial charge on any atom is -0.497 e. The van der Waals surface area contributed by atoms with Crippen LogP contribution in [0.25, 0.3) is 6.08 Å². The van der Waals surface area contributed by atoms with Crippen molar-refractivity contribution in [2.45, 2.75) is 13.5 Å². The molecule has 2 aromatic rings. The molecule has 0 amide bonds. The molecule has 0 heterocycles. The van der Waals surface area contributed by atoms with Gasteiger partial charge in [-0.2, -0.15) is 5.26 Å². The highest BCUT2D eigenvalue weighted by Gasteiger charge is 2.12. The molecule has 0 fully saturated rings. The van der Waals surface area contributed by atoms with Gasteiger partial charge in [0.2, 0.25) is 0 Å². The van der Waals surface area contributed by atoms with Crippen LogP contribution in [0.3, 0.4) is 0 Å². The van der Waals surface area contributed by atoms with E-state index >= 15 is 0 Å². The normalized spacial score (nSPS) is 10.7. The molecule has 0 spiro atoms. The highest BCUT2D eigenvalue weighted by Crippen LogP contribution is 2.20. The molecule has 5 heteroatoms. The van der Waals surface area contributed by atoms with Crippen molar-refractivity contribution in [1.29, 1.82) is 5.26 Å². The van der Waals surface area contributed by atoms with Crippen molar-refractivity contribution in [3.8, 4) is 17.6 Å². The third kappa shape index (κ3) is 5.11. The number of rotatable bonds is 7. The van der Waals surface area contributed by atoms with Crippen LogP contribution in [0.1, 0.15) is 18.1 Å². The van der Waals surface area contributed by atoms with Gasteiger partial charge in [-0.3, -0.25) is 0 Å². The van der Waals surface area contributed by atoms with Gasteiger partial charge in [0.25, 0.3) is 0 Å². The first-order valence-corrected chi connectivity index (χ1v) is 7.81. The standard InChI is InChI=1S/C20H19NO4/c1-3-24-19-7-5-4-6-16(19)14-25-20(22)17(13-21)12-15-8-10-18(23-2)11-9-15/h4-12H,3,14H2,1-2H3/b17-12+. The second-order valence-corrected chi connectivity index (χ2v) is 5.06. The summed E-state index contributed by atoms with van der Waals surface area (Å²) >= 11 is 0. The quantitative estimate of drug-likeness (QED) is 0.437. The predicted molar refractivity (Wildman–Crippen MR) is 94.0 cm³/mol. The smallest absolute Gasteiger partial charge is 0.349 e. The highest BCUT2D eigenvalue weighted by atomic mass is 16.5. The third-order valence-corrected chi connectivity index (χ3v) is 3.40. The number of carbonyl (C=O) groups excluding carboxylic acids is 1. The molecule has 0 radical (unpaired) electrons. The van der Waals surface area contributed by atoms with Gasteiger partial charge in [0.1, 0.15) is 29.7 Å². The van der Waals surface area contributed by atoms with E-state index in [1.165, 1.54) is 6.08 Å². The number of para-hydroxylation sites is 1. The maximum atomic E-state index is 12.2. The Morgan fingerprint density at radius 3 is 2.52 bits per heavy atom. The molecule has 0 unspecified atom stereocenters. The first kappa shape index (κ1) is 18.1. The molecule has 0 aliphatic carbocycles. The van der Waals surface area contributed by atoms with Gasteiger partial charge in [0.05, 0.1) is 13.7 Å². The van der Waals surface area contributed by atoms with Crippen LogP contribution >= 0.6 is 0 Å². The van der Waals surface area contributed by atoms with E-state index in [1.807, 2.05) is 37.3 Å². The molecule has 0 aromatic heterocycles. The van der Waals surface area contributed by atoms with Crippen LogP contribution in [0.15, 0.2) is 54.1 Å². The summed E-state index contributed by atoms with van der Waals surface area (Å²) in [4.78, 5) is 12.2. The maximum Gasteiger partial charge on any atom is 0.349 e. The minimum atomic E-state index is -0.676. The summed E-state index contributed by atoms with van der Waals surface area (Å²) in [5, 5.41) is 9.23. The fourth-order valence-electron chi connectivity index (χ4n) is 2.14. The van der Waals surface area contributed by atoms with E-state index in [2.05, 4.69) is 0 Å². The highest BCUT2D eigenvalue weighted by molar-refractivity contribution is 5.97. The number of hydrogen-bond donors (Lipinski definition) is 0. The SMILES string of the molecule is CCOc1ccccc1COC(=O)/C(C#N)=C/c1ccc(OC)cc1. The molecule has 25 heavy (non-hydrogen) atoms. The fourth-order valence-corrected chi connectivity index (χ4v) is 2.14. The number of carbonyl (C=O) groups is 1. The maximum absolute atomic E-state index is 12.2. The average Bonchev–Trinajstić information content (AvgIpc) is 2.66. The van der Waals surface area contributed by atoms with Crippen molar-refractivity contribution in [2.75, 3.05) is 13.7 Å². The molecular weight excluding hydrogens is 318 g/mol. The summed E-state index contributed by atoms with van der Waals surface area (Å²) in [6.07, 6.45) is 1.48. The van der Waals surface area contributed by atoms with Crippen molar-refractivity contribution < 1.29 is 19.0 Å². The Morgan fingerprint density at radius 1 is 1.16 bits per heavy atom. The summed E-state index contributed by atoms with van der Waals surface area (Å²) in [5.41, 5.74) is 1.39. The van der Waals surface area contributed by atoms with Crippen molar-refractivity contribution in [1.82, 2.24) is 0 Å². The zero-order valence-electron chi connectivity index (χ0n) is 14.2. The molecule has 0 saturated carbocycles. The third-order valence-electron chi connectivity index (χ3n) is 3.40. The zero-order chi connectivity index (χ0) is 18.1. The van der Waals surface area contributed by atoms with E-state index < -0.39 is 5.97 Å². The summed E-state index contributed by atoms with van der Waals surface area (Å²) < 4.78 is 15.8. The minimum absolute atomic E-state index is 0.0383. The monoisotopic (exact) mass is 337 g/mol. The first-order valence-electron chi connectivity index (χ1n) is 7.81. The van der Waals surface area contributed by atoms with Gasteiger partial charge in [-0.1, -0.05) is 30.3 Å². The average molecular weight is 337 g/mol. The predicted octanol–water partition coefficient (Wildman–Crippen LogP) is 3.74. The van der Waals surface area contributed by atoms with Crippen LogP contribution in [0, 0.1) is 11.3 Å². The van der Waals surface area contributed by atoms with Gasteiger partial charge in [-0.25, -0.2) is 4.79 Å². The van der Waals surface area contributed by atoms with E-state index in [4.69, 9.17) is 14.2 Å². The van der Waals surface area contributed by atoms with Crippen LogP contribution < -0.4 is 9.47 Å². The summed E-state index contributed by atoms with van der Waals surface area (Å²) in [5.74, 6) is 0.686. The topological polar surface area (TPSA) is 68.5 Å². The van der Waals surface area contributed by atoms with Crippen LogP contribution in [0.2, 0.25) is 0 Å². The summed E-state index contributed by atoms with van der Waals surface area (Å²) in [7, 11) is 1.57. The van der Waals surface area contributed by atoms with E-state index in [1.54, 1.807) is 31.4 Å². The number of hydrogen-bond acceptors (Lipinski definition) is 5. The van der Waals surface area contributed by atoms with Crippen LogP contribution in [0.4, 0.5) is 0 Å². The molecule has 0 aliphatic rings. The van der Waals surface area contributed by atoms with Crippen LogP contribution in [0.5, 0.6) is 11.5 Å². The molecule has 0 aliphatic heterocycles. The number of esters is 1. The van der Waals surface area contributed by atoms with Gasteiger partial charge < -0.3 is 14.2 Å². The van der Waals surface area contributed by atoms with E-state index in [9.17, 15) is 10.1 Å². The molecule has 2 aromatic carbocycles. The molecule has 0 bridgehead atoms. The lowest BCUT2D eigenvalue weighted by Gasteiger charge is -2.10. The Balaban J connectivity index is 2.07. The fraction of sp³-hybridized carbons (Fsp3) is 0.200. The van der Waals surface area contributed by atoms with Gasteiger partial charge in [0.15, 0.2) is 0 Å². The second-order valence-electron chi connectivity index (χ2n) is 5.06. The van der Waals surface area contributed by atoms with Crippen molar-refractivity contribution in [3.63, 3.8) is 0 Å². The van der Waals surface area contributed by atoms with Gasteiger partial charge in [0, 0.05) is 5.56 Å². The Bertz CT molecular complexity index is 788. The first-order chi connectivity index (χ1) is 12.2. The molecule has 0 atom stereocenters. The van der Waals surface area contributed by atoms with E-state index in [0.29, 0.717) is 23.7 Å². The van der Waals surface area contributed by atoms with Crippen molar-refractivity contribution in [2.24, 2.45) is 0 Å². The lowest BCUT2D eigenvalue weighted by molar-refractivity contribution is -0.139. The second kappa shape index (κ2) is 9.14. The summed E-state index contributed by atoms with van der Waals surface area (Å²) in [6.45, 7) is 2.44. The lowest BCUT2D eigenvalue weighted by Crippen LogP contribution is -2.08. The van der Waals surface area contributed by atoms with Gasteiger partial charge in [-0.15, -0.1) is 0 Å². The lowest BCUT2D eigenvalue weighted by atomic mass is 10.1. The molecule has 0 N–H and O–H groups in total. The van der Waals surface area contributed by atoms with E-state index in [-0.39, 0.29) is 12.2 Å². The number of ether oxygens (including phenoxy) is 3. The Kier molecular flexibility index (Phi) is 6.61. The molecule has 0 saturated heterocycles. The van der Waals surface area contributed by atoms with Crippen molar-refractivity contribution in [3.05, 3.63) is 65.2 Å². The van der Waals surface area contributed by atoms with Gasteiger partial charge in [-0.05, 0) is 36.8 Å². The molecule has 5 nitrogen and oxygen atoms in total. The largest absolute Gasteiger partial charge is 0.497 e. The zero-order valence-corrected chi connectivity index (χ0v) is 14.2. The Labute approximate surface area is 147 Å². The number of nitrogens with zero attached hydrogens (tertiary/aromatic N) is 1. The molecule has 2 rings (SSSR count). The van der Waals surface area contributed by atoms with Crippen LogP contribution in [-0.4, -0.2) is 19.7 Å². The van der Waals surface area contributed by atoms with Crippen molar-refractivity contribution >= 4 is 12.0 Å². The molecular formula is C20H19NO4. The number of nitriles is 1. The number of methoxy groups -OCH3 is 1. The Morgan fingerprint density at radius 2 is 1.88 bits per heavy atom. The van der Waals surface area contributed by atoms with Crippen LogP contribution in [-0.2, 0) is 16.1 Å². The molecule has 128 valence electrons.